The SMILES string of the molecule is CNCC1CCCCN1Cc1ccc(C)c(F)c1. The fourth-order valence-corrected chi connectivity index (χ4v) is 2.70. The average Bonchev–Trinajstić information content (AvgIpc) is 2.37. The summed E-state index contributed by atoms with van der Waals surface area (Å²) in [5.74, 6) is -0.0883. The molecule has 3 heteroatoms. The third-order valence-corrected chi connectivity index (χ3v) is 3.81. The molecular formula is C15H23FN2. The Kier molecular flexibility index (Phi) is 4.72. The standard InChI is InChI=1S/C15H23FN2/c1-12-6-7-13(9-15(12)16)11-18-8-4-3-5-14(18)10-17-2/h6-7,9,14,17H,3-5,8,10-11H2,1-2H3. The zero-order valence-corrected chi connectivity index (χ0v) is 11.4. The molecule has 1 N–H and O–H groups in total. The van der Waals surface area contributed by atoms with Crippen LogP contribution in [0.15, 0.2) is 18.2 Å². The second-order valence-corrected chi connectivity index (χ2v) is 5.26. The van der Waals surface area contributed by atoms with Gasteiger partial charge in [0, 0.05) is 19.1 Å². The quantitative estimate of drug-likeness (QED) is 0.884. The second kappa shape index (κ2) is 6.30. The molecule has 1 atom stereocenters. The number of aryl methyl sites for hydroxylation is 1. The van der Waals surface area contributed by atoms with Gasteiger partial charge >= 0.3 is 0 Å². The summed E-state index contributed by atoms with van der Waals surface area (Å²) in [7, 11) is 2.00. The number of nitrogens with zero attached hydrogens (tertiary/aromatic N) is 1. The van der Waals surface area contributed by atoms with Crippen molar-refractivity contribution >= 4 is 0 Å². The van der Waals surface area contributed by atoms with Crippen molar-refractivity contribution in [2.45, 2.75) is 38.8 Å². The topological polar surface area (TPSA) is 15.3 Å². The minimum Gasteiger partial charge on any atom is -0.318 e. The van der Waals surface area contributed by atoms with Gasteiger partial charge in [-0.1, -0.05) is 18.6 Å². The lowest BCUT2D eigenvalue weighted by Gasteiger charge is -2.35. The molecule has 0 saturated carbocycles. The molecule has 0 aliphatic carbocycles. The Morgan fingerprint density at radius 2 is 2.22 bits per heavy atom. The minimum atomic E-state index is -0.0883. The zero-order chi connectivity index (χ0) is 13.0. The van der Waals surface area contributed by atoms with Crippen molar-refractivity contribution in [2.75, 3.05) is 20.1 Å². The first kappa shape index (κ1) is 13.5. The highest BCUT2D eigenvalue weighted by molar-refractivity contribution is 5.23. The monoisotopic (exact) mass is 250 g/mol. The normalized spacial score (nSPS) is 21.2. The Morgan fingerprint density at radius 3 is 2.94 bits per heavy atom. The maximum Gasteiger partial charge on any atom is 0.126 e. The predicted octanol–water partition coefficient (Wildman–Crippen LogP) is 2.71. The Morgan fingerprint density at radius 1 is 1.39 bits per heavy atom. The highest BCUT2D eigenvalue weighted by Gasteiger charge is 2.21. The molecule has 2 nitrogen and oxygen atoms in total. The first-order valence-electron chi connectivity index (χ1n) is 6.84. The van der Waals surface area contributed by atoms with Crippen LogP contribution >= 0.6 is 0 Å². The molecule has 1 aromatic carbocycles. The van der Waals surface area contributed by atoms with Gasteiger partial charge < -0.3 is 5.32 Å². The number of hydrogen-bond acceptors (Lipinski definition) is 2. The van der Waals surface area contributed by atoms with Gasteiger partial charge in [-0.25, -0.2) is 4.39 Å². The fourth-order valence-electron chi connectivity index (χ4n) is 2.70. The largest absolute Gasteiger partial charge is 0.318 e. The van der Waals surface area contributed by atoms with Gasteiger partial charge in [0.15, 0.2) is 0 Å². The molecule has 2 rings (SSSR count). The van der Waals surface area contributed by atoms with E-state index >= 15 is 0 Å². The lowest BCUT2D eigenvalue weighted by atomic mass is 10.0. The molecule has 1 aliphatic rings. The molecule has 1 heterocycles. The van der Waals surface area contributed by atoms with Crippen molar-refractivity contribution in [2.24, 2.45) is 0 Å². The van der Waals surface area contributed by atoms with Gasteiger partial charge in [0.1, 0.15) is 5.82 Å². The highest BCUT2D eigenvalue weighted by Crippen LogP contribution is 2.20. The second-order valence-electron chi connectivity index (χ2n) is 5.26. The first-order valence-corrected chi connectivity index (χ1v) is 6.84. The summed E-state index contributed by atoms with van der Waals surface area (Å²) in [5, 5.41) is 3.26. The van der Waals surface area contributed by atoms with Crippen LogP contribution in [0.5, 0.6) is 0 Å². The van der Waals surface area contributed by atoms with Gasteiger partial charge in [-0.2, -0.15) is 0 Å². The Bertz CT molecular complexity index is 390. The highest BCUT2D eigenvalue weighted by atomic mass is 19.1. The van der Waals surface area contributed by atoms with Gasteiger partial charge in [0.2, 0.25) is 0 Å². The van der Waals surface area contributed by atoms with E-state index in [0.29, 0.717) is 6.04 Å². The van der Waals surface area contributed by atoms with Crippen molar-refractivity contribution in [1.82, 2.24) is 10.2 Å². The van der Waals surface area contributed by atoms with E-state index < -0.39 is 0 Å². The Labute approximate surface area is 109 Å². The van der Waals surface area contributed by atoms with E-state index in [0.717, 1.165) is 30.8 Å². The maximum atomic E-state index is 13.5. The van der Waals surface area contributed by atoms with Crippen LogP contribution in [0.1, 0.15) is 30.4 Å². The molecule has 1 fully saturated rings. The summed E-state index contributed by atoms with van der Waals surface area (Å²) < 4.78 is 13.5. The number of nitrogens with one attached hydrogen (secondary N) is 1. The predicted molar refractivity (Wildman–Crippen MR) is 73.1 cm³/mol. The molecular weight excluding hydrogens is 227 g/mol. The van der Waals surface area contributed by atoms with Crippen LogP contribution in [0, 0.1) is 12.7 Å². The van der Waals surface area contributed by atoms with E-state index in [1.54, 1.807) is 6.07 Å². The number of rotatable bonds is 4. The van der Waals surface area contributed by atoms with Crippen molar-refractivity contribution < 1.29 is 4.39 Å². The van der Waals surface area contributed by atoms with Gasteiger partial charge in [0.05, 0.1) is 0 Å². The van der Waals surface area contributed by atoms with Gasteiger partial charge in [-0.3, -0.25) is 4.90 Å². The summed E-state index contributed by atoms with van der Waals surface area (Å²) in [5.41, 5.74) is 1.81. The van der Waals surface area contributed by atoms with Crippen LogP contribution in [-0.2, 0) is 6.54 Å². The molecule has 1 aromatic rings. The summed E-state index contributed by atoms with van der Waals surface area (Å²) in [6.45, 7) is 4.82. The number of likely N-dealkylation sites (tertiary alicyclic amines) is 1. The number of benzene rings is 1. The lowest BCUT2D eigenvalue weighted by Crippen LogP contribution is -2.44. The molecule has 0 spiro atoms. The van der Waals surface area contributed by atoms with Gasteiger partial charge in [-0.05, 0) is 50.6 Å². The molecule has 0 amide bonds. The average molecular weight is 250 g/mol. The number of likely N-dealkylation sites (N-methyl/N-ethyl adjacent to an activating group) is 1. The van der Waals surface area contributed by atoms with Crippen molar-refractivity contribution in [3.63, 3.8) is 0 Å². The van der Waals surface area contributed by atoms with E-state index in [2.05, 4.69) is 10.2 Å². The van der Waals surface area contributed by atoms with Crippen molar-refractivity contribution in [3.05, 3.63) is 35.1 Å². The van der Waals surface area contributed by atoms with Crippen LogP contribution in [-0.4, -0.2) is 31.1 Å². The van der Waals surface area contributed by atoms with E-state index in [4.69, 9.17) is 0 Å². The molecule has 1 aliphatic heterocycles. The van der Waals surface area contributed by atoms with Gasteiger partial charge in [-0.15, -0.1) is 0 Å². The lowest BCUT2D eigenvalue weighted by molar-refractivity contribution is 0.139. The van der Waals surface area contributed by atoms with Crippen LogP contribution in [0.3, 0.4) is 0 Å². The van der Waals surface area contributed by atoms with Crippen molar-refractivity contribution in [3.8, 4) is 0 Å². The Balaban J connectivity index is 2.03. The van der Waals surface area contributed by atoms with E-state index in [1.807, 2.05) is 26.1 Å². The summed E-state index contributed by atoms with van der Waals surface area (Å²) in [4.78, 5) is 2.48. The van der Waals surface area contributed by atoms with E-state index in [-0.39, 0.29) is 5.82 Å². The van der Waals surface area contributed by atoms with Crippen molar-refractivity contribution in [1.29, 1.82) is 0 Å². The zero-order valence-electron chi connectivity index (χ0n) is 11.4. The third kappa shape index (κ3) is 3.30. The first-order chi connectivity index (χ1) is 8.70. The molecule has 18 heavy (non-hydrogen) atoms. The minimum absolute atomic E-state index is 0.0883. The summed E-state index contributed by atoms with van der Waals surface area (Å²) in [6.07, 6.45) is 3.81. The van der Waals surface area contributed by atoms with Crippen LogP contribution in [0.2, 0.25) is 0 Å². The molecule has 1 unspecified atom stereocenters. The third-order valence-electron chi connectivity index (χ3n) is 3.81. The molecule has 100 valence electrons. The molecule has 1 saturated heterocycles. The number of piperidine rings is 1. The van der Waals surface area contributed by atoms with Crippen LogP contribution in [0.25, 0.3) is 0 Å². The smallest absolute Gasteiger partial charge is 0.126 e. The van der Waals surface area contributed by atoms with Gasteiger partial charge in [0.25, 0.3) is 0 Å². The fraction of sp³-hybridized carbons (Fsp3) is 0.600. The van der Waals surface area contributed by atoms with E-state index in [1.165, 1.54) is 19.3 Å². The van der Waals surface area contributed by atoms with Crippen LogP contribution < -0.4 is 5.32 Å². The molecule has 0 bridgehead atoms. The summed E-state index contributed by atoms with van der Waals surface area (Å²) >= 11 is 0. The number of hydrogen-bond donors (Lipinski definition) is 1. The Hall–Kier alpha value is -0.930. The molecule has 0 radical (unpaired) electrons. The number of halogens is 1. The van der Waals surface area contributed by atoms with E-state index in [9.17, 15) is 4.39 Å². The maximum absolute atomic E-state index is 13.5. The van der Waals surface area contributed by atoms with Crippen LogP contribution in [0.4, 0.5) is 4.39 Å². The summed E-state index contributed by atoms with van der Waals surface area (Å²) in [6, 6.07) is 6.19. The molecule has 0 aromatic heterocycles.